The van der Waals surface area contributed by atoms with E-state index >= 15 is 0 Å². The summed E-state index contributed by atoms with van der Waals surface area (Å²) in [4.78, 5) is 0. The van der Waals surface area contributed by atoms with Crippen LogP contribution in [0.4, 0.5) is 0 Å². The minimum atomic E-state index is 0.256. The SMILES string of the molecule is N/C=C/CC1=CNC2NC=CC=C12. The molecule has 2 heterocycles. The lowest BCUT2D eigenvalue weighted by Crippen LogP contribution is -2.35. The Balaban J connectivity index is 2.12. The molecule has 3 heteroatoms. The first-order valence-electron chi connectivity index (χ1n) is 4.37. The summed E-state index contributed by atoms with van der Waals surface area (Å²) < 4.78 is 0. The standard InChI is InChI=1S/C10H13N3/c11-5-1-3-8-7-13-10-9(8)4-2-6-12-10/h1-2,4-7,10,12-13H,3,11H2/b5-1+. The van der Waals surface area contributed by atoms with Crippen LogP contribution in [0, 0.1) is 0 Å². The molecule has 1 atom stereocenters. The molecule has 0 aromatic rings. The van der Waals surface area contributed by atoms with Crippen molar-refractivity contribution in [1.29, 1.82) is 0 Å². The van der Waals surface area contributed by atoms with Crippen LogP contribution in [-0.2, 0) is 0 Å². The van der Waals surface area contributed by atoms with Gasteiger partial charge in [-0.25, -0.2) is 0 Å². The summed E-state index contributed by atoms with van der Waals surface area (Å²) >= 11 is 0. The highest BCUT2D eigenvalue weighted by Gasteiger charge is 2.21. The molecule has 2 aliphatic heterocycles. The predicted octanol–water partition coefficient (Wildman–Crippen LogP) is 0.705. The quantitative estimate of drug-likeness (QED) is 0.579. The van der Waals surface area contributed by atoms with Crippen molar-refractivity contribution in [3.63, 3.8) is 0 Å². The summed E-state index contributed by atoms with van der Waals surface area (Å²) in [6, 6.07) is 0. The molecule has 2 rings (SSSR count). The molecule has 0 amide bonds. The highest BCUT2D eigenvalue weighted by molar-refractivity contribution is 5.44. The summed E-state index contributed by atoms with van der Waals surface area (Å²) in [5.74, 6) is 0. The van der Waals surface area contributed by atoms with Crippen molar-refractivity contribution in [1.82, 2.24) is 10.6 Å². The average molecular weight is 175 g/mol. The maximum Gasteiger partial charge on any atom is 0.122 e. The largest absolute Gasteiger partial charge is 0.405 e. The molecule has 1 unspecified atom stereocenters. The Morgan fingerprint density at radius 2 is 2.38 bits per heavy atom. The second-order valence-corrected chi connectivity index (χ2v) is 3.05. The Morgan fingerprint density at radius 3 is 3.23 bits per heavy atom. The number of rotatable bonds is 2. The molecule has 68 valence electrons. The van der Waals surface area contributed by atoms with Gasteiger partial charge < -0.3 is 16.4 Å². The Hall–Kier alpha value is -1.64. The van der Waals surface area contributed by atoms with Gasteiger partial charge in [-0.3, -0.25) is 0 Å². The Morgan fingerprint density at radius 1 is 1.46 bits per heavy atom. The smallest absolute Gasteiger partial charge is 0.122 e. The van der Waals surface area contributed by atoms with E-state index in [1.54, 1.807) is 6.20 Å². The summed E-state index contributed by atoms with van der Waals surface area (Å²) in [6.45, 7) is 0. The summed E-state index contributed by atoms with van der Waals surface area (Å²) in [5, 5.41) is 6.47. The topological polar surface area (TPSA) is 50.1 Å². The van der Waals surface area contributed by atoms with Crippen molar-refractivity contribution in [3.8, 4) is 0 Å². The van der Waals surface area contributed by atoms with E-state index in [1.807, 2.05) is 24.6 Å². The second kappa shape index (κ2) is 3.39. The van der Waals surface area contributed by atoms with Crippen LogP contribution in [0.5, 0.6) is 0 Å². The van der Waals surface area contributed by atoms with E-state index in [2.05, 4.69) is 16.7 Å². The van der Waals surface area contributed by atoms with Crippen molar-refractivity contribution >= 4 is 0 Å². The maximum atomic E-state index is 5.30. The summed E-state index contributed by atoms with van der Waals surface area (Å²) in [6.07, 6.45) is 12.8. The van der Waals surface area contributed by atoms with Gasteiger partial charge in [0, 0.05) is 6.20 Å². The molecule has 0 fully saturated rings. The van der Waals surface area contributed by atoms with Crippen molar-refractivity contribution in [3.05, 3.63) is 48.0 Å². The number of nitrogens with two attached hydrogens (primary N) is 1. The summed E-state index contributed by atoms with van der Waals surface area (Å²) in [5.41, 5.74) is 7.90. The maximum absolute atomic E-state index is 5.30. The van der Waals surface area contributed by atoms with Crippen LogP contribution in [0.2, 0.25) is 0 Å². The minimum Gasteiger partial charge on any atom is -0.405 e. The van der Waals surface area contributed by atoms with E-state index < -0.39 is 0 Å². The van der Waals surface area contributed by atoms with Gasteiger partial charge in [0.2, 0.25) is 0 Å². The predicted molar refractivity (Wildman–Crippen MR) is 53.3 cm³/mol. The monoisotopic (exact) mass is 175 g/mol. The number of dihydropyridines is 1. The second-order valence-electron chi connectivity index (χ2n) is 3.05. The zero-order chi connectivity index (χ0) is 9.10. The van der Waals surface area contributed by atoms with Crippen molar-refractivity contribution in [2.75, 3.05) is 0 Å². The van der Waals surface area contributed by atoms with Gasteiger partial charge >= 0.3 is 0 Å². The van der Waals surface area contributed by atoms with Crippen LogP contribution in [0.1, 0.15) is 6.42 Å². The van der Waals surface area contributed by atoms with E-state index in [1.165, 1.54) is 11.1 Å². The molecule has 0 radical (unpaired) electrons. The third kappa shape index (κ3) is 1.45. The highest BCUT2D eigenvalue weighted by atomic mass is 15.1. The Labute approximate surface area is 77.7 Å². The van der Waals surface area contributed by atoms with Crippen molar-refractivity contribution in [2.45, 2.75) is 12.6 Å². The molecule has 0 aliphatic carbocycles. The van der Waals surface area contributed by atoms with Crippen molar-refractivity contribution < 1.29 is 0 Å². The molecule has 0 aromatic carbocycles. The van der Waals surface area contributed by atoms with Gasteiger partial charge in [0.25, 0.3) is 0 Å². The molecule has 3 nitrogen and oxygen atoms in total. The third-order valence-corrected chi connectivity index (χ3v) is 2.21. The fourth-order valence-electron chi connectivity index (χ4n) is 1.56. The normalized spacial score (nSPS) is 24.8. The molecule has 0 bridgehead atoms. The fraction of sp³-hybridized carbons (Fsp3) is 0.200. The number of hydrogen-bond donors (Lipinski definition) is 3. The Bertz CT molecular complexity index is 310. The number of hydrogen-bond acceptors (Lipinski definition) is 3. The van der Waals surface area contributed by atoms with Crippen LogP contribution in [0.15, 0.2) is 48.0 Å². The number of nitrogens with one attached hydrogen (secondary N) is 2. The molecule has 0 spiro atoms. The number of allylic oxidation sites excluding steroid dienone is 3. The van der Waals surface area contributed by atoms with Crippen LogP contribution >= 0.6 is 0 Å². The third-order valence-electron chi connectivity index (χ3n) is 2.21. The molecular formula is C10H13N3. The van der Waals surface area contributed by atoms with Gasteiger partial charge in [0.15, 0.2) is 0 Å². The van der Waals surface area contributed by atoms with Gasteiger partial charge in [-0.05, 0) is 36.0 Å². The van der Waals surface area contributed by atoms with Gasteiger partial charge in [-0.15, -0.1) is 0 Å². The highest BCUT2D eigenvalue weighted by Crippen LogP contribution is 2.23. The van der Waals surface area contributed by atoms with E-state index in [4.69, 9.17) is 5.73 Å². The zero-order valence-corrected chi connectivity index (χ0v) is 7.33. The molecule has 2 aliphatic rings. The zero-order valence-electron chi connectivity index (χ0n) is 7.33. The lowest BCUT2D eigenvalue weighted by Gasteiger charge is -2.17. The van der Waals surface area contributed by atoms with Crippen LogP contribution in [0.3, 0.4) is 0 Å². The van der Waals surface area contributed by atoms with Crippen LogP contribution < -0.4 is 16.4 Å². The van der Waals surface area contributed by atoms with Gasteiger partial charge in [-0.1, -0.05) is 12.2 Å². The fourth-order valence-corrected chi connectivity index (χ4v) is 1.56. The van der Waals surface area contributed by atoms with Crippen molar-refractivity contribution in [2.24, 2.45) is 5.73 Å². The minimum absolute atomic E-state index is 0.256. The molecular weight excluding hydrogens is 162 g/mol. The lowest BCUT2D eigenvalue weighted by molar-refractivity contribution is 0.632. The van der Waals surface area contributed by atoms with E-state index in [-0.39, 0.29) is 6.17 Å². The van der Waals surface area contributed by atoms with E-state index in [0.29, 0.717) is 0 Å². The van der Waals surface area contributed by atoms with E-state index in [0.717, 1.165) is 6.42 Å². The van der Waals surface area contributed by atoms with Crippen LogP contribution in [0.25, 0.3) is 0 Å². The molecule has 4 N–H and O–H groups in total. The number of fused-ring (bicyclic) bond motifs is 1. The molecule has 0 aromatic heterocycles. The van der Waals surface area contributed by atoms with Gasteiger partial charge in [-0.2, -0.15) is 0 Å². The van der Waals surface area contributed by atoms with Gasteiger partial charge in [0.05, 0.1) is 0 Å². The average Bonchev–Trinajstić information content (AvgIpc) is 2.58. The van der Waals surface area contributed by atoms with Crippen LogP contribution in [-0.4, -0.2) is 6.17 Å². The molecule has 13 heavy (non-hydrogen) atoms. The first kappa shape index (κ1) is 7.98. The lowest BCUT2D eigenvalue weighted by atomic mass is 10.0. The molecule has 0 saturated heterocycles. The van der Waals surface area contributed by atoms with Gasteiger partial charge in [0.1, 0.15) is 6.17 Å². The first-order chi connectivity index (χ1) is 6.42. The summed E-state index contributed by atoms with van der Waals surface area (Å²) in [7, 11) is 0. The Kier molecular flexibility index (Phi) is 2.08. The molecule has 0 saturated carbocycles. The first-order valence-corrected chi connectivity index (χ1v) is 4.37. The van der Waals surface area contributed by atoms with E-state index in [9.17, 15) is 0 Å².